The Bertz CT molecular complexity index is 2120. The van der Waals surface area contributed by atoms with Crippen LogP contribution in [0.2, 0.25) is 0 Å². The first-order valence-electron chi connectivity index (χ1n) is 15.5. The van der Waals surface area contributed by atoms with E-state index in [2.05, 4.69) is 5.32 Å². The van der Waals surface area contributed by atoms with E-state index in [1.165, 1.54) is 28.6 Å². The lowest BCUT2D eigenvalue weighted by Gasteiger charge is -2.31. The van der Waals surface area contributed by atoms with Gasteiger partial charge >= 0.3 is 5.97 Å². The summed E-state index contributed by atoms with van der Waals surface area (Å²) in [6.07, 6.45) is 1.87. The van der Waals surface area contributed by atoms with Gasteiger partial charge in [-0.15, -0.1) is 0 Å². The van der Waals surface area contributed by atoms with Crippen LogP contribution in [0, 0.1) is 18.8 Å². The van der Waals surface area contributed by atoms with E-state index in [9.17, 15) is 33.9 Å². The number of carboxylic acids is 1. The Morgan fingerprint density at radius 1 is 0.875 bits per heavy atom. The van der Waals surface area contributed by atoms with Crippen molar-refractivity contribution in [1.82, 2.24) is 19.6 Å². The molecular formula is C36H32N4O7S. The average Bonchev–Trinajstić information content (AvgIpc) is 3.64. The van der Waals surface area contributed by atoms with Crippen molar-refractivity contribution < 1.29 is 29.1 Å². The maximum atomic E-state index is 14.4. The number of para-hydroxylation sites is 1. The smallest absolute Gasteiger partial charge is 0.324 e. The summed E-state index contributed by atoms with van der Waals surface area (Å²) in [4.78, 5) is 83.4. The van der Waals surface area contributed by atoms with Crippen molar-refractivity contribution in [3.05, 3.63) is 122 Å². The van der Waals surface area contributed by atoms with Crippen LogP contribution in [0.5, 0.6) is 0 Å². The highest BCUT2D eigenvalue weighted by molar-refractivity contribution is 7.98. The highest BCUT2D eigenvalue weighted by Crippen LogP contribution is 2.51. The highest BCUT2D eigenvalue weighted by atomic mass is 32.2. The van der Waals surface area contributed by atoms with E-state index in [1.807, 2.05) is 12.3 Å². The summed E-state index contributed by atoms with van der Waals surface area (Å²) in [7, 11) is 1.71. The molecule has 11 nitrogen and oxygen atoms in total. The molecule has 2 amide bonds. The van der Waals surface area contributed by atoms with Crippen molar-refractivity contribution in [3.8, 4) is 5.69 Å². The number of aliphatic carboxylic acids is 1. The lowest BCUT2D eigenvalue weighted by Crippen LogP contribution is -2.56. The third kappa shape index (κ3) is 4.46. The van der Waals surface area contributed by atoms with Crippen LogP contribution in [0.1, 0.15) is 61.1 Å². The van der Waals surface area contributed by atoms with E-state index in [4.69, 9.17) is 0 Å². The SMILES string of the molecule is CSCCC1(C(=O)O)NC(c2c(C)n(C)n(-c3ccccc3)c2=O)C2C(=O)N(Cc3ccc4c(c3)C(=O)c3ccccc3C4=O)C(=O)C21. The van der Waals surface area contributed by atoms with Crippen LogP contribution >= 0.6 is 11.8 Å². The Kier molecular flexibility index (Phi) is 7.60. The van der Waals surface area contributed by atoms with Gasteiger partial charge < -0.3 is 5.11 Å². The van der Waals surface area contributed by atoms with Gasteiger partial charge in [0.05, 0.1) is 35.7 Å². The summed E-state index contributed by atoms with van der Waals surface area (Å²) in [5, 5.41) is 13.9. The maximum absolute atomic E-state index is 14.4. The Hall–Kier alpha value is -5.07. The summed E-state index contributed by atoms with van der Waals surface area (Å²) in [6, 6.07) is 19.1. The number of carbonyl (C=O) groups is 5. The first kappa shape index (κ1) is 31.5. The normalized spacial score (nSPS) is 23.0. The molecule has 3 aliphatic rings. The predicted molar refractivity (Wildman–Crippen MR) is 177 cm³/mol. The van der Waals surface area contributed by atoms with Gasteiger partial charge in [0, 0.05) is 35.0 Å². The highest BCUT2D eigenvalue weighted by Gasteiger charge is 2.68. The van der Waals surface area contributed by atoms with Crippen LogP contribution in [0.3, 0.4) is 0 Å². The van der Waals surface area contributed by atoms with Crippen molar-refractivity contribution >= 4 is 41.1 Å². The molecule has 4 unspecified atom stereocenters. The van der Waals surface area contributed by atoms with Crippen LogP contribution in [0.15, 0.2) is 77.6 Å². The standard InChI is InChI=1S/C36H32N4O7S/c1-19-26(33(44)40(38(19)2)21-9-5-4-6-10-21)29-27-28(36(37-29,35(46)47)15-16-48-3)34(45)39(32(27)43)18-20-13-14-24-25(17-20)31(42)23-12-8-7-11-22(23)30(24)41/h4-14,17,27-29,37H,15-16,18H2,1-3H3,(H,46,47). The molecule has 0 bridgehead atoms. The van der Waals surface area contributed by atoms with Gasteiger partial charge in [-0.1, -0.05) is 48.5 Å². The molecule has 1 aliphatic carbocycles. The second-order valence-electron chi connectivity index (χ2n) is 12.5. The van der Waals surface area contributed by atoms with E-state index in [0.717, 1.165) is 4.90 Å². The largest absolute Gasteiger partial charge is 0.480 e. The molecule has 0 spiro atoms. The quantitative estimate of drug-likeness (QED) is 0.239. The number of likely N-dealkylation sites (tertiary alicyclic amines) is 1. The van der Waals surface area contributed by atoms with Crippen LogP contribution in [-0.4, -0.2) is 66.3 Å². The number of benzene rings is 3. The number of carbonyl (C=O) groups excluding carboxylic acids is 4. The number of imide groups is 1. The molecule has 2 aliphatic heterocycles. The summed E-state index contributed by atoms with van der Waals surface area (Å²) in [5.41, 5.74) is 0.572. The van der Waals surface area contributed by atoms with Crippen LogP contribution in [0.25, 0.3) is 5.69 Å². The number of aromatic nitrogens is 2. The van der Waals surface area contributed by atoms with Crippen molar-refractivity contribution in [2.24, 2.45) is 18.9 Å². The molecule has 3 heterocycles. The Labute approximate surface area is 279 Å². The minimum atomic E-state index is -1.81. The number of fused-ring (bicyclic) bond motifs is 3. The predicted octanol–water partition coefficient (Wildman–Crippen LogP) is 3.28. The number of nitrogens with zero attached hydrogens (tertiary/aromatic N) is 3. The number of ketones is 2. The van der Waals surface area contributed by atoms with E-state index in [-0.39, 0.29) is 46.8 Å². The van der Waals surface area contributed by atoms with Gasteiger partial charge in [0.15, 0.2) is 11.6 Å². The first-order chi connectivity index (χ1) is 23.0. The van der Waals surface area contributed by atoms with Gasteiger partial charge in [-0.25, -0.2) is 4.68 Å². The van der Waals surface area contributed by atoms with E-state index < -0.39 is 46.8 Å². The molecule has 4 aromatic rings. The van der Waals surface area contributed by atoms with Gasteiger partial charge in [0.2, 0.25) is 11.8 Å². The fourth-order valence-electron chi connectivity index (χ4n) is 7.64. The zero-order chi connectivity index (χ0) is 34.1. The lowest BCUT2D eigenvalue weighted by atomic mass is 9.78. The number of thioether (sulfide) groups is 1. The summed E-state index contributed by atoms with van der Waals surface area (Å²) in [6.45, 7) is 1.51. The molecule has 0 radical (unpaired) electrons. The summed E-state index contributed by atoms with van der Waals surface area (Å²) >= 11 is 1.42. The second-order valence-corrected chi connectivity index (χ2v) is 13.5. The molecule has 4 atom stereocenters. The molecule has 2 saturated heterocycles. The number of hydrogen-bond donors (Lipinski definition) is 2. The molecule has 3 aromatic carbocycles. The molecule has 7 rings (SSSR count). The fourth-order valence-corrected chi connectivity index (χ4v) is 8.16. The van der Waals surface area contributed by atoms with E-state index >= 15 is 0 Å². The number of hydrogen-bond acceptors (Lipinski definition) is 8. The van der Waals surface area contributed by atoms with Gasteiger partial charge in [-0.05, 0) is 55.2 Å². The minimum absolute atomic E-state index is 0.0433. The van der Waals surface area contributed by atoms with Crippen molar-refractivity contribution in [2.45, 2.75) is 31.5 Å². The van der Waals surface area contributed by atoms with Crippen molar-refractivity contribution in [3.63, 3.8) is 0 Å². The maximum Gasteiger partial charge on any atom is 0.324 e. The minimum Gasteiger partial charge on any atom is -0.480 e. The molecule has 2 fully saturated rings. The van der Waals surface area contributed by atoms with Crippen LogP contribution in [0.4, 0.5) is 0 Å². The monoisotopic (exact) mass is 664 g/mol. The van der Waals surface area contributed by atoms with Gasteiger partial charge in [0.1, 0.15) is 5.54 Å². The summed E-state index contributed by atoms with van der Waals surface area (Å²) < 4.78 is 3.13. The molecule has 0 saturated carbocycles. The molecule has 2 N–H and O–H groups in total. The Morgan fingerprint density at radius 2 is 1.50 bits per heavy atom. The third-order valence-corrected chi connectivity index (χ3v) is 10.7. The van der Waals surface area contributed by atoms with Gasteiger partial charge in [0.25, 0.3) is 5.56 Å². The molecular weight excluding hydrogens is 632 g/mol. The third-order valence-electron chi connectivity index (χ3n) is 10.1. The van der Waals surface area contributed by atoms with Crippen molar-refractivity contribution in [1.29, 1.82) is 0 Å². The molecule has 48 heavy (non-hydrogen) atoms. The summed E-state index contributed by atoms with van der Waals surface area (Å²) in [5.74, 6) is -5.22. The Balaban J connectivity index is 1.30. The first-order valence-corrected chi connectivity index (χ1v) is 16.9. The van der Waals surface area contributed by atoms with Crippen LogP contribution in [-0.2, 0) is 28.0 Å². The van der Waals surface area contributed by atoms with Crippen molar-refractivity contribution in [2.75, 3.05) is 12.0 Å². The van der Waals surface area contributed by atoms with Gasteiger partial charge in [-0.3, -0.25) is 43.7 Å². The number of carboxylic acid groups (broad SMARTS) is 1. The molecule has 1 aromatic heterocycles. The number of nitrogens with one attached hydrogen (secondary N) is 1. The second kappa shape index (κ2) is 11.6. The topological polar surface area (TPSA) is 148 Å². The van der Waals surface area contributed by atoms with Gasteiger partial charge in [-0.2, -0.15) is 11.8 Å². The van der Waals surface area contributed by atoms with E-state index in [1.54, 1.807) is 73.3 Å². The number of rotatable bonds is 8. The van der Waals surface area contributed by atoms with Crippen LogP contribution < -0.4 is 10.9 Å². The fraction of sp³-hybridized carbons (Fsp3) is 0.278. The average molecular weight is 665 g/mol. The number of amides is 2. The molecule has 12 heteroatoms. The zero-order valence-electron chi connectivity index (χ0n) is 26.4. The zero-order valence-corrected chi connectivity index (χ0v) is 27.2. The lowest BCUT2D eigenvalue weighted by molar-refractivity contribution is -0.151. The van der Waals surface area contributed by atoms with E-state index in [0.29, 0.717) is 28.3 Å². The molecule has 244 valence electrons. The Morgan fingerprint density at radius 3 is 2.15 bits per heavy atom.